The Labute approximate surface area is 163 Å². The van der Waals surface area contributed by atoms with Crippen molar-refractivity contribution in [1.82, 2.24) is 15.3 Å². The Hall–Kier alpha value is -2.71. The van der Waals surface area contributed by atoms with E-state index in [4.69, 9.17) is 16.3 Å². The molecule has 1 aromatic heterocycles. The molecule has 1 saturated heterocycles. The number of piperazine rings is 1. The molecule has 5 rings (SSSR count). The highest BCUT2D eigenvalue weighted by Crippen LogP contribution is 2.49. The number of ether oxygens (including phenoxy) is 1. The standard InChI is InChI=1S/C19H15ClF2N4O2/c20-15-13(12-10(21)2-1-3-11(12)27)16(22)17-14-18(15)28-7-9-6-23-4-5-26(9)19(14)25-8-24-17/h1-3,8-9,23,27H,4-7H2/t9-/m0/s1. The molecule has 0 bridgehead atoms. The smallest absolute Gasteiger partial charge is 0.159 e. The number of rotatable bonds is 1. The fourth-order valence-electron chi connectivity index (χ4n) is 3.89. The fourth-order valence-corrected chi connectivity index (χ4v) is 4.22. The highest BCUT2D eigenvalue weighted by Gasteiger charge is 2.34. The lowest BCUT2D eigenvalue weighted by atomic mass is 10.00. The first-order valence-electron chi connectivity index (χ1n) is 8.81. The molecule has 0 radical (unpaired) electrons. The molecule has 9 heteroatoms. The number of benzene rings is 2. The Balaban J connectivity index is 1.86. The van der Waals surface area contributed by atoms with Gasteiger partial charge in [-0.15, -0.1) is 0 Å². The summed E-state index contributed by atoms with van der Waals surface area (Å²) in [6.07, 6.45) is 1.27. The van der Waals surface area contributed by atoms with Gasteiger partial charge in [0.05, 0.1) is 22.0 Å². The van der Waals surface area contributed by atoms with Crippen LogP contribution in [0.15, 0.2) is 24.5 Å². The van der Waals surface area contributed by atoms with Crippen LogP contribution in [0.1, 0.15) is 0 Å². The molecule has 144 valence electrons. The normalized spacial score (nSPS) is 18.5. The van der Waals surface area contributed by atoms with Gasteiger partial charge in [0.2, 0.25) is 0 Å². The molecule has 2 aliphatic rings. The molecular weight excluding hydrogens is 390 g/mol. The SMILES string of the molecule is Oc1cccc(F)c1-c1c(Cl)c2c3c(ncnc3c1F)N1CCNC[C@H]1CO2. The van der Waals surface area contributed by atoms with Crippen LogP contribution in [0, 0.1) is 11.6 Å². The van der Waals surface area contributed by atoms with E-state index >= 15 is 4.39 Å². The van der Waals surface area contributed by atoms with Crippen LogP contribution in [0.4, 0.5) is 14.6 Å². The molecule has 0 spiro atoms. The number of aromatic hydroxyl groups is 1. The fraction of sp³-hybridized carbons (Fsp3) is 0.263. The maximum absolute atomic E-state index is 15.5. The van der Waals surface area contributed by atoms with Gasteiger partial charge in [-0.25, -0.2) is 18.7 Å². The van der Waals surface area contributed by atoms with Crippen molar-refractivity contribution in [2.75, 3.05) is 31.1 Å². The minimum absolute atomic E-state index is 0.0105. The average Bonchev–Trinajstić information content (AvgIpc) is 2.86. The summed E-state index contributed by atoms with van der Waals surface area (Å²) in [5.41, 5.74) is -0.626. The highest BCUT2D eigenvalue weighted by molar-refractivity contribution is 6.36. The zero-order valence-electron chi connectivity index (χ0n) is 14.5. The number of anilines is 1. The Kier molecular flexibility index (Phi) is 3.99. The van der Waals surface area contributed by atoms with Gasteiger partial charge in [-0.2, -0.15) is 0 Å². The predicted octanol–water partition coefficient (Wildman–Crippen LogP) is 3.10. The van der Waals surface area contributed by atoms with Gasteiger partial charge in [0.25, 0.3) is 0 Å². The summed E-state index contributed by atoms with van der Waals surface area (Å²) in [6.45, 7) is 2.41. The summed E-state index contributed by atoms with van der Waals surface area (Å²) in [7, 11) is 0. The van der Waals surface area contributed by atoms with Crippen LogP contribution < -0.4 is 15.0 Å². The van der Waals surface area contributed by atoms with Gasteiger partial charge in [-0.3, -0.25) is 0 Å². The Morgan fingerprint density at radius 1 is 1.25 bits per heavy atom. The summed E-state index contributed by atoms with van der Waals surface area (Å²) in [5, 5.41) is 13.7. The second-order valence-electron chi connectivity index (χ2n) is 6.75. The zero-order chi connectivity index (χ0) is 19.4. The van der Waals surface area contributed by atoms with Crippen LogP contribution in [0.3, 0.4) is 0 Å². The van der Waals surface area contributed by atoms with Crippen molar-refractivity contribution in [3.8, 4) is 22.6 Å². The number of phenols is 1. The molecule has 1 fully saturated rings. The summed E-state index contributed by atoms with van der Waals surface area (Å²) < 4.78 is 35.9. The summed E-state index contributed by atoms with van der Waals surface area (Å²) >= 11 is 6.51. The number of hydrogen-bond acceptors (Lipinski definition) is 6. The molecule has 28 heavy (non-hydrogen) atoms. The van der Waals surface area contributed by atoms with E-state index in [1.165, 1.54) is 18.5 Å². The van der Waals surface area contributed by atoms with Crippen LogP contribution in [-0.2, 0) is 0 Å². The van der Waals surface area contributed by atoms with Crippen LogP contribution in [0.2, 0.25) is 5.02 Å². The van der Waals surface area contributed by atoms with E-state index in [9.17, 15) is 9.50 Å². The molecule has 6 nitrogen and oxygen atoms in total. The van der Waals surface area contributed by atoms with Crippen molar-refractivity contribution in [3.63, 3.8) is 0 Å². The van der Waals surface area contributed by atoms with Gasteiger partial charge < -0.3 is 20.1 Å². The molecule has 0 saturated carbocycles. The quantitative estimate of drug-likeness (QED) is 0.649. The maximum atomic E-state index is 15.5. The van der Waals surface area contributed by atoms with Gasteiger partial charge in [-0.05, 0) is 12.1 Å². The first-order valence-corrected chi connectivity index (χ1v) is 9.19. The number of nitrogens with zero attached hydrogens (tertiary/aromatic N) is 3. The van der Waals surface area contributed by atoms with Crippen molar-refractivity contribution < 1.29 is 18.6 Å². The number of fused-ring (bicyclic) bond motifs is 2. The van der Waals surface area contributed by atoms with E-state index in [0.717, 1.165) is 12.6 Å². The number of nitrogens with one attached hydrogen (secondary N) is 1. The first-order chi connectivity index (χ1) is 13.6. The third-order valence-electron chi connectivity index (χ3n) is 5.18. The van der Waals surface area contributed by atoms with E-state index in [2.05, 4.69) is 15.3 Å². The van der Waals surface area contributed by atoms with Gasteiger partial charge >= 0.3 is 0 Å². The van der Waals surface area contributed by atoms with Crippen molar-refractivity contribution in [2.45, 2.75) is 6.04 Å². The zero-order valence-corrected chi connectivity index (χ0v) is 15.3. The molecule has 1 atom stereocenters. The van der Waals surface area contributed by atoms with Crippen LogP contribution in [-0.4, -0.2) is 47.4 Å². The second kappa shape index (κ2) is 6.42. The van der Waals surface area contributed by atoms with Gasteiger partial charge in [0.1, 0.15) is 35.8 Å². The lowest BCUT2D eigenvalue weighted by Crippen LogP contribution is -2.53. The monoisotopic (exact) mass is 404 g/mol. The molecule has 2 N–H and O–H groups in total. The molecule has 0 aliphatic carbocycles. The lowest BCUT2D eigenvalue weighted by molar-refractivity contribution is 0.274. The van der Waals surface area contributed by atoms with Crippen molar-refractivity contribution in [3.05, 3.63) is 41.2 Å². The van der Waals surface area contributed by atoms with Crippen molar-refractivity contribution in [2.24, 2.45) is 0 Å². The van der Waals surface area contributed by atoms with Crippen LogP contribution >= 0.6 is 11.6 Å². The molecule has 3 heterocycles. The van der Waals surface area contributed by atoms with Gasteiger partial charge in [-0.1, -0.05) is 17.7 Å². The molecule has 0 amide bonds. The summed E-state index contributed by atoms with van der Waals surface area (Å²) in [4.78, 5) is 10.5. The minimum atomic E-state index is -0.829. The largest absolute Gasteiger partial charge is 0.507 e. The Morgan fingerprint density at radius 3 is 2.93 bits per heavy atom. The maximum Gasteiger partial charge on any atom is 0.159 e. The average molecular weight is 405 g/mol. The molecular formula is C19H15ClF2N4O2. The topological polar surface area (TPSA) is 70.5 Å². The second-order valence-corrected chi connectivity index (χ2v) is 7.13. The summed E-state index contributed by atoms with van der Waals surface area (Å²) in [6, 6.07) is 3.72. The minimum Gasteiger partial charge on any atom is -0.507 e. The number of phenolic OH excluding ortho intramolecular Hbond substituents is 1. The summed E-state index contributed by atoms with van der Waals surface area (Å²) in [5.74, 6) is -1.31. The number of aromatic nitrogens is 2. The van der Waals surface area contributed by atoms with Crippen molar-refractivity contribution in [1.29, 1.82) is 0 Å². The van der Waals surface area contributed by atoms with Crippen LogP contribution in [0.25, 0.3) is 22.0 Å². The predicted molar refractivity (Wildman–Crippen MR) is 101 cm³/mol. The molecule has 2 aliphatic heterocycles. The van der Waals surface area contributed by atoms with Crippen LogP contribution in [0.5, 0.6) is 11.5 Å². The third-order valence-corrected chi connectivity index (χ3v) is 5.55. The first kappa shape index (κ1) is 17.4. The van der Waals surface area contributed by atoms with E-state index in [-0.39, 0.29) is 33.5 Å². The van der Waals surface area contributed by atoms with E-state index in [1.54, 1.807) is 0 Å². The Morgan fingerprint density at radius 2 is 2.11 bits per heavy atom. The molecule has 0 unspecified atom stereocenters. The van der Waals surface area contributed by atoms with E-state index in [1.807, 2.05) is 4.90 Å². The van der Waals surface area contributed by atoms with E-state index < -0.39 is 17.4 Å². The van der Waals surface area contributed by atoms with E-state index in [0.29, 0.717) is 30.9 Å². The third kappa shape index (κ3) is 2.41. The number of hydrogen-bond donors (Lipinski definition) is 2. The lowest BCUT2D eigenvalue weighted by Gasteiger charge is -2.35. The highest BCUT2D eigenvalue weighted by atomic mass is 35.5. The molecule has 3 aromatic rings. The van der Waals surface area contributed by atoms with Crippen molar-refractivity contribution >= 4 is 28.3 Å². The Bertz CT molecular complexity index is 1090. The van der Waals surface area contributed by atoms with Gasteiger partial charge in [0.15, 0.2) is 11.6 Å². The van der Waals surface area contributed by atoms with Gasteiger partial charge in [0, 0.05) is 25.2 Å². The number of halogens is 3. The molecule has 2 aromatic carbocycles.